The first kappa shape index (κ1) is 12.8. The van der Waals surface area contributed by atoms with Gasteiger partial charge in [0.25, 0.3) is 0 Å². The lowest BCUT2D eigenvalue weighted by molar-refractivity contribution is 0.653. The third kappa shape index (κ3) is 2.30. The lowest BCUT2D eigenvalue weighted by Crippen LogP contribution is -2.17. The molecule has 1 aromatic carbocycles. The lowest BCUT2D eigenvalue weighted by Gasteiger charge is -2.15. The summed E-state index contributed by atoms with van der Waals surface area (Å²) < 4.78 is 1.95. The number of pyridine rings is 1. The molecule has 2 heterocycles. The average molecular weight is 266 g/mol. The van der Waals surface area contributed by atoms with E-state index in [9.17, 15) is 0 Å². The van der Waals surface area contributed by atoms with Crippen LogP contribution in [0.15, 0.2) is 48.9 Å². The molecule has 0 saturated heterocycles. The molecule has 2 aromatic heterocycles. The number of nitrogens with zero attached hydrogens (tertiary/aromatic N) is 3. The van der Waals surface area contributed by atoms with Crippen molar-refractivity contribution < 1.29 is 0 Å². The van der Waals surface area contributed by atoms with Crippen LogP contribution in [-0.2, 0) is 6.54 Å². The molecule has 4 heteroatoms. The molecule has 0 saturated carbocycles. The fourth-order valence-electron chi connectivity index (χ4n) is 2.50. The van der Waals surface area contributed by atoms with Gasteiger partial charge in [-0.2, -0.15) is 5.10 Å². The van der Waals surface area contributed by atoms with Crippen molar-refractivity contribution >= 4 is 10.9 Å². The van der Waals surface area contributed by atoms with Gasteiger partial charge in [-0.3, -0.25) is 9.67 Å². The Bertz CT molecular complexity index is 717. The Morgan fingerprint density at radius 3 is 2.90 bits per heavy atom. The fourth-order valence-corrected chi connectivity index (χ4v) is 2.50. The highest BCUT2D eigenvalue weighted by Crippen LogP contribution is 2.24. The van der Waals surface area contributed by atoms with Crippen molar-refractivity contribution in [2.75, 3.05) is 7.05 Å². The summed E-state index contributed by atoms with van der Waals surface area (Å²) in [6.45, 7) is 2.98. The molecule has 0 aliphatic carbocycles. The van der Waals surface area contributed by atoms with Gasteiger partial charge in [-0.05, 0) is 37.7 Å². The normalized spacial score (nSPS) is 12.7. The molecule has 1 N–H and O–H groups in total. The zero-order chi connectivity index (χ0) is 13.9. The van der Waals surface area contributed by atoms with Crippen LogP contribution in [0.3, 0.4) is 0 Å². The third-order valence-corrected chi connectivity index (χ3v) is 3.56. The zero-order valence-corrected chi connectivity index (χ0v) is 11.7. The number of hydrogen-bond donors (Lipinski definition) is 1. The Balaban J connectivity index is 2.02. The number of aryl methyl sites for hydroxylation is 1. The molecule has 0 bridgehead atoms. The van der Waals surface area contributed by atoms with Crippen LogP contribution < -0.4 is 5.32 Å². The zero-order valence-electron chi connectivity index (χ0n) is 11.7. The van der Waals surface area contributed by atoms with Gasteiger partial charge < -0.3 is 5.32 Å². The third-order valence-electron chi connectivity index (χ3n) is 3.56. The van der Waals surface area contributed by atoms with Crippen LogP contribution in [-0.4, -0.2) is 21.8 Å². The summed E-state index contributed by atoms with van der Waals surface area (Å²) in [7, 11) is 1.97. The second-order valence-electron chi connectivity index (χ2n) is 4.81. The lowest BCUT2D eigenvalue weighted by atomic mass is 10.00. The number of benzene rings is 1. The SMILES string of the molecule is CCn1cc(C(NC)c2ccc3ncccc3c2)cn1. The largest absolute Gasteiger partial charge is 0.309 e. The van der Waals surface area contributed by atoms with E-state index in [2.05, 4.69) is 52.8 Å². The molecule has 102 valence electrons. The first-order valence-electron chi connectivity index (χ1n) is 6.86. The predicted octanol–water partition coefficient (Wildman–Crippen LogP) is 2.76. The molecule has 0 aliphatic heterocycles. The van der Waals surface area contributed by atoms with Crippen molar-refractivity contribution in [3.8, 4) is 0 Å². The molecule has 0 amide bonds. The molecule has 0 radical (unpaired) electrons. The van der Waals surface area contributed by atoms with Crippen LogP contribution in [0.4, 0.5) is 0 Å². The van der Waals surface area contributed by atoms with Gasteiger partial charge in [-0.15, -0.1) is 0 Å². The van der Waals surface area contributed by atoms with Crippen molar-refractivity contribution in [1.29, 1.82) is 0 Å². The highest BCUT2D eigenvalue weighted by Gasteiger charge is 2.14. The minimum Gasteiger partial charge on any atom is -0.309 e. The molecule has 4 nitrogen and oxygen atoms in total. The minimum absolute atomic E-state index is 0.153. The van der Waals surface area contributed by atoms with Gasteiger partial charge >= 0.3 is 0 Å². The van der Waals surface area contributed by atoms with Crippen LogP contribution in [0.2, 0.25) is 0 Å². The number of fused-ring (bicyclic) bond motifs is 1. The second kappa shape index (κ2) is 5.43. The maximum absolute atomic E-state index is 4.36. The fraction of sp³-hybridized carbons (Fsp3) is 0.250. The topological polar surface area (TPSA) is 42.7 Å². The summed E-state index contributed by atoms with van der Waals surface area (Å²) in [4.78, 5) is 4.36. The number of nitrogens with one attached hydrogen (secondary N) is 1. The standard InChI is InChI=1S/C16H18N4/c1-3-20-11-14(10-19-20)16(17-2)13-6-7-15-12(9-13)5-4-8-18-15/h4-11,16-17H,3H2,1-2H3. The van der Waals surface area contributed by atoms with Crippen molar-refractivity contribution in [3.63, 3.8) is 0 Å². The summed E-state index contributed by atoms with van der Waals surface area (Å²) >= 11 is 0. The minimum atomic E-state index is 0.153. The van der Waals surface area contributed by atoms with E-state index in [4.69, 9.17) is 0 Å². The molecule has 0 aliphatic rings. The average Bonchev–Trinajstić information content (AvgIpc) is 2.97. The van der Waals surface area contributed by atoms with Crippen LogP contribution >= 0.6 is 0 Å². The maximum atomic E-state index is 4.36. The Hall–Kier alpha value is -2.20. The molecule has 0 spiro atoms. The van der Waals surface area contributed by atoms with Gasteiger partial charge in [-0.1, -0.05) is 12.1 Å². The maximum Gasteiger partial charge on any atom is 0.0702 e. The Morgan fingerprint density at radius 2 is 2.15 bits per heavy atom. The molecule has 20 heavy (non-hydrogen) atoms. The first-order valence-corrected chi connectivity index (χ1v) is 6.86. The molecular weight excluding hydrogens is 248 g/mol. The number of hydrogen-bond acceptors (Lipinski definition) is 3. The van der Waals surface area contributed by atoms with E-state index in [0.29, 0.717) is 0 Å². The number of aromatic nitrogens is 3. The molecular formula is C16H18N4. The van der Waals surface area contributed by atoms with Crippen molar-refractivity contribution in [2.45, 2.75) is 19.5 Å². The predicted molar refractivity (Wildman–Crippen MR) is 80.5 cm³/mol. The monoisotopic (exact) mass is 266 g/mol. The Kier molecular flexibility index (Phi) is 3.48. The van der Waals surface area contributed by atoms with Crippen molar-refractivity contribution in [2.24, 2.45) is 0 Å². The van der Waals surface area contributed by atoms with E-state index in [0.717, 1.165) is 17.4 Å². The number of rotatable bonds is 4. The summed E-state index contributed by atoms with van der Waals surface area (Å²) in [5, 5.41) is 8.88. The Morgan fingerprint density at radius 1 is 1.25 bits per heavy atom. The molecule has 1 atom stereocenters. The molecule has 3 rings (SSSR count). The van der Waals surface area contributed by atoms with Crippen LogP contribution in [0.5, 0.6) is 0 Å². The molecule has 3 aromatic rings. The van der Waals surface area contributed by atoms with Crippen LogP contribution in [0.25, 0.3) is 10.9 Å². The van der Waals surface area contributed by atoms with Gasteiger partial charge in [0.1, 0.15) is 0 Å². The van der Waals surface area contributed by atoms with E-state index < -0.39 is 0 Å². The van der Waals surface area contributed by atoms with Crippen LogP contribution in [0.1, 0.15) is 24.1 Å². The van der Waals surface area contributed by atoms with Gasteiger partial charge in [0.05, 0.1) is 17.8 Å². The summed E-state index contributed by atoms with van der Waals surface area (Å²) in [6.07, 6.45) is 5.84. The smallest absolute Gasteiger partial charge is 0.0702 e. The quantitative estimate of drug-likeness (QED) is 0.789. The molecule has 0 fully saturated rings. The van der Waals surface area contributed by atoms with E-state index >= 15 is 0 Å². The van der Waals surface area contributed by atoms with E-state index in [1.807, 2.05) is 30.2 Å². The van der Waals surface area contributed by atoms with Gasteiger partial charge in [0.15, 0.2) is 0 Å². The summed E-state index contributed by atoms with van der Waals surface area (Å²) in [5.74, 6) is 0. The first-order chi connectivity index (χ1) is 9.81. The van der Waals surface area contributed by atoms with E-state index in [-0.39, 0.29) is 6.04 Å². The van der Waals surface area contributed by atoms with E-state index in [1.54, 1.807) is 0 Å². The summed E-state index contributed by atoms with van der Waals surface area (Å²) in [6, 6.07) is 10.6. The van der Waals surface area contributed by atoms with Gasteiger partial charge in [-0.25, -0.2) is 0 Å². The Labute approximate surface area is 118 Å². The van der Waals surface area contributed by atoms with Gasteiger partial charge in [0.2, 0.25) is 0 Å². The summed E-state index contributed by atoms with van der Waals surface area (Å²) in [5.41, 5.74) is 3.43. The van der Waals surface area contributed by atoms with Crippen molar-refractivity contribution in [3.05, 3.63) is 60.0 Å². The molecule has 1 unspecified atom stereocenters. The highest BCUT2D eigenvalue weighted by atomic mass is 15.3. The van der Waals surface area contributed by atoms with E-state index in [1.165, 1.54) is 11.1 Å². The second-order valence-corrected chi connectivity index (χ2v) is 4.81. The highest BCUT2D eigenvalue weighted by molar-refractivity contribution is 5.79. The van der Waals surface area contributed by atoms with Crippen LogP contribution in [0, 0.1) is 0 Å². The van der Waals surface area contributed by atoms with Gasteiger partial charge in [0, 0.05) is 29.9 Å². The van der Waals surface area contributed by atoms with Crippen molar-refractivity contribution in [1.82, 2.24) is 20.1 Å².